The van der Waals surface area contributed by atoms with E-state index in [2.05, 4.69) is 5.32 Å². The number of carbonyl (C=O) groups excluding carboxylic acids is 2. The van der Waals surface area contributed by atoms with Crippen LogP contribution < -0.4 is 5.32 Å². The smallest absolute Gasteiger partial charge is 0.354 e. The highest BCUT2D eigenvalue weighted by molar-refractivity contribution is 6.04. The molecule has 0 spiro atoms. The fourth-order valence-corrected chi connectivity index (χ4v) is 0.782. The Kier molecular flexibility index (Phi) is 4.37. The molecule has 0 rings (SSSR count). The van der Waals surface area contributed by atoms with Gasteiger partial charge in [0, 0.05) is 6.54 Å². The average Bonchev–Trinajstić information content (AvgIpc) is 2.11. The number of halogens is 3. The fraction of sp³-hybridized carbons (Fsp3) is 0.818. The molecule has 0 fully saturated rings. The van der Waals surface area contributed by atoms with Gasteiger partial charge in [-0.25, -0.2) is 0 Å². The molecule has 0 aromatic rings. The highest BCUT2D eigenvalue weighted by atomic mass is 19.4. The van der Waals surface area contributed by atoms with Gasteiger partial charge in [0.2, 0.25) is 5.91 Å². The molecule has 17 heavy (non-hydrogen) atoms. The quantitative estimate of drug-likeness (QED) is 0.781. The summed E-state index contributed by atoms with van der Waals surface area (Å²) in [6, 6.07) is 0. The molecule has 0 saturated carbocycles. The van der Waals surface area contributed by atoms with Crippen molar-refractivity contribution in [3.8, 4) is 0 Å². The molecule has 1 N–H and O–H groups in total. The van der Waals surface area contributed by atoms with Gasteiger partial charge < -0.3 is 5.32 Å². The lowest BCUT2D eigenvalue weighted by Gasteiger charge is -2.29. The van der Waals surface area contributed by atoms with Gasteiger partial charge in [0.25, 0.3) is 0 Å². The number of hydrogen-bond acceptors (Lipinski definition) is 2. The van der Waals surface area contributed by atoms with Crippen molar-refractivity contribution < 1.29 is 22.8 Å². The van der Waals surface area contributed by atoms with Crippen LogP contribution in [0.25, 0.3) is 0 Å². The second kappa shape index (κ2) is 4.66. The van der Waals surface area contributed by atoms with Crippen LogP contribution in [0.5, 0.6) is 0 Å². The number of carbonyl (C=O) groups is 2. The molecule has 0 radical (unpaired) electrons. The largest absolute Gasteiger partial charge is 0.395 e. The predicted molar refractivity (Wildman–Crippen MR) is 57.3 cm³/mol. The van der Waals surface area contributed by atoms with Gasteiger partial charge >= 0.3 is 6.18 Å². The van der Waals surface area contributed by atoms with E-state index in [1.807, 2.05) is 0 Å². The number of nitrogens with one attached hydrogen (secondary N) is 1. The monoisotopic (exact) mass is 253 g/mol. The van der Waals surface area contributed by atoms with E-state index in [9.17, 15) is 22.8 Å². The Morgan fingerprint density at radius 1 is 1.06 bits per heavy atom. The van der Waals surface area contributed by atoms with E-state index >= 15 is 0 Å². The summed E-state index contributed by atoms with van der Waals surface area (Å²) in [5, 5.41) is 2.17. The van der Waals surface area contributed by atoms with Crippen LogP contribution in [-0.2, 0) is 9.59 Å². The van der Waals surface area contributed by atoms with Crippen LogP contribution in [0, 0.1) is 10.8 Å². The predicted octanol–water partition coefficient (Wildman–Crippen LogP) is 2.31. The van der Waals surface area contributed by atoms with E-state index in [-0.39, 0.29) is 5.78 Å². The standard InChI is InChI=1S/C11H18F3NO2/c1-7(16)10(4,5)8(17)15-6-9(2,3)11(12,13)14/h6H2,1-5H3,(H,15,17). The summed E-state index contributed by atoms with van der Waals surface area (Å²) >= 11 is 0. The van der Waals surface area contributed by atoms with Crippen LogP contribution in [0.2, 0.25) is 0 Å². The number of alkyl halides is 3. The molecule has 1 amide bonds. The maximum atomic E-state index is 12.5. The first-order chi connectivity index (χ1) is 7.32. The lowest BCUT2D eigenvalue weighted by molar-refractivity contribution is -0.209. The molecule has 0 atom stereocenters. The molecule has 0 saturated heterocycles. The summed E-state index contributed by atoms with van der Waals surface area (Å²) in [4.78, 5) is 22.7. The van der Waals surface area contributed by atoms with Gasteiger partial charge in [-0.1, -0.05) is 0 Å². The molecule has 100 valence electrons. The summed E-state index contributed by atoms with van der Waals surface area (Å²) in [7, 11) is 0. The summed E-state index contributed by atoms with van der Waals surface area (Å²) in [5.41, 5.74) is -3.32. The van der Waals surface area contributed by atoms with Crippen LogP contribution in [-0.4, -0.2) is 24.4 Å². The molecule has 0 unspecified atom stereocenters. The van der Waals surface area contributed by atoms with Crippen molar-refractivity contribution in [1.29, 1.82) is 0 Å². The van der Waals surface area contributed by atoms with Crippen molar-refractivity contribution in [2.24, 2.45) is 10.8 Å². The number of amides is 1. The zero-order chi connectivity index (χ0) is 14.1. The highest BCUT2D eigenvalue weighted by Crippen LogP contribution is 2.36. The molecular weight excluding hydrogens is 235 g/mol. The van der Waals surface area contributed by atoms with Gasteiger partial charge in [-0.15, -0.1) is 0 Å². The second-order valence-electron chi connectivity index (χ2n) is 5.25. The van der Waals surface area contributed by atoms with E-state index in [1.54, 1.807) is 0 Å². The third kappa shape index (κ3) is 3.71. The molecule has 0 aliphatic heterocycles. The topological polar surface area (TPSA) is 46.2 Å². The molecule has 0 heterocycles. The average molecular weight is 253 g/mol. The number of hydrogen-bond donors (Lipinski definition) is 1. The number of ketones is 1. The minimum atomic E-state index is -4.40. The molecule has 0 aromatic carbocycles. The molecule has 0 bridgehead atoms. The van der Waals surface area contributed by atoms with Crippen LogP contribution in [0.15, 0.2) is 0 Å². The number of rotatable bonds is 4. The third-order valence-corrected chi connectivity index (χ3v) is 2.91. The van der Waals surface area contributed by atoms with E-state index in [0.29, 0.717) is 0 Å². The van der Waals surface area contributed by atoms with Crippen LogP contribution in [0.1, 0.15) is 34.6 Å². The summed E-state index contributed by atoms with van der Waals surface area (Å²) in [5.74, 6) is -1.08. The first kappa shape index (κ1) is 15.9. The van der Waals surface area contributed by atoms with Gasteiger partial charge in [-0.3, -0.25) is 9.59 Å². The summed E-state index contributed by atoms with van der Waals surface area (Å²) < 4.78 is 37.6. The number of Topliss-reactive ketones (excluding diaryl/α,β-unsaturated/α-hetero) is 1. The Labute approximate surface area is 98.8 Å². The lowest BCUT2D eigenvalue weighted by Crippen LogP contribution is -2.48. The minimum absolute atomic E-state index is 0.389. The van der Waals surface area contributed by atoms with Crippen molar-refractivity contribution in [2.75, 3.05) is 6.54 Å². The van der Waals surface area contributed by atoms with Gasteiger partial charge in [-0.2, -0.15) is 13.2 Å². The molecule has 6 heteroatoms. The molecule has 0 aliphatic carbocycles. The Balaban J connectivity index is 4.61. The normalized spacial score (nSPS) is 13.4. The Bertz CT molecular complexity index is 319. The van der Waals surface area contributed by atoms with E-state index in [0.717, 1.165) is 13.8 Å². The molecule has 3 nitrogen and oxygen atoms in total. The Morgan fingerprint density at radius 2 is 1.47 bits per heavy atom. The second-order valence-corrected chi connectivity index (χ2v) is 5.25. The zero-order valence-electron chi connectivity index (χ0n) is 10.7. The fourth-order valence-electron chi connectivity index (χ4n) is 0.782. The molecule has 0 aliphatic rings. The maximum absolute atomic E-state index is 12.5. The Hall–Kier alpha value is -1.07. The highest BCUT2D eigenvalue weighted by Gasteiger charge is 2.47. The zero-order valence-corrected chi connectivity index (χ0v) is 10.7. The van der Waals surface area contributed by atoms with Crippen LogP contribution in [0.4, 0.5) is 13.2 Å². The van der Waals surface area contributed by atoms with E-state index in [4.69, 9.17) is 0 Å². The van der Waals surface area contributed by atoms with Gasteiger partial charge in [0.1, 0.15) is 11.2 Å². The van der Waals surface area contributed by atoms with Crippen molar-refractivity contribution in [3.05, 3.63) is 0 Å². The van der Waals surface area contributed by atoms with Crippen molar-refractivity contribution >= 4 is 11.7 Å². The van der Waals surface area contributed by atoms with Crippen LogP contribution in [0.3, 0.4) is 0 Å². The van der Waals surface area contributed by atoms with Gasteiger partial charge in [0.05, 0.1) is 5.41 Å². The summed E-state index contributed by atoms with van der Waals surface area (Å²) in [6.45, 7) is 5.43. The van der Waals surface area contributed by atoms with Gasteiger partial charge in [0.15, 0.2) is 0 Å². The molecular formula is C11H18F3NO2. The maximum Gasteiger partial charge on any atom is 0.395 e. The van der Waals surface area contributed by atoms with Gasteiger partial charge in [-0.05, 0) is 34.6 Å². The lowest BCUT2D eigenvalue weighted by atomic mass is 9.86. The Morgan fingerprint density at radius 3 is 1.76 bits per heavy atom. The van der Waals surface area contributed by atoms with E-state index in [1.165, 1.54) is 20.8 Å². The van der Waals surface area contributed by atoms with Crippen molar-refractivity contribution in [3.63, 3.8) is 0 Å². The SMILES string of the molecule is CC(=O)C(C)(C)C(=O)NCC(C)(C)C(F)(F)F. The van der Waals surface area contributed by atoms with E-state index < -0.39 is 29.5 Å². The summed E-state index contributed by atoms with van der Waals surface area (Å²) in [6.07, 6.45) is -4.40. The molecule has 0 aromatic heterocycles. The minimum Gasteiger partial charge on any atom is -0.354 e. The first-order valence-electron chi connectivity index (χ1n) is 5.18. The third-order valence-electron chi connectivity index (χ3n) is 2.91. The van der Waals surface area contributed by atoms with Crippen molar-refractivity contribution in [1.82, 2.24) is 5.32 Å². The first-order valence-corrected chi connectivity index (χ1v) is 5.18. The van der Waals surface area contributed by atoms with Crippen molar-refractivity contribution in [2.45, 2.75) is 40.8 Å². The van der Waals surface area contributed by atoms with Crippen LogP contribution >= 0.6 is 0 Å².